The lowest BCUT2D eigenvalue weighted by Crippen LogP contribution is -2.62. The molecule has 2 aromatic carbocycles. The zero-order chi connectivity index (χ0) is 18.4. The van der Waals surface area contributed by atoms with Gasteiger partial charge in [-0.1, -0.05) is 42.5 Å². The van der Waals surface area contributed by atoms with Crippen LogP contribution in [0.2, 0.25) is 0 Å². The first-order valence-corrected chi connectivity index (χ1v) is 7.81. The molecule has 2 nitrogen and oxygen atoms in total. The van der Waals surface area contributed by atoms with Crippen LogP contribution in [-0.4, -0.2) is 19.6 Å². The molecule has 3 rings (SSSR count). The molecular weight excluding hydrogens is 333 g/mol. The Kier molecular flexibility index (Phi) is 6.01. The van der Waals surface area contributed by atoms with Crippen LogP contribution in [-0.2, 0) is 4.74 Å². The number of hydrogen-bond donors (Lipinski definition) is 1. The van der Waals surface area contributed by atoms with Crippen molar-refractivity contribution in [2.45, 2.75) is 13.8 Å². The zero-order valence-electron chi connectivity index (χ0n) is 13.9. The van der Waals surface area contributed by atoms with E-state index in [0.717, 1.165) is 28.3 Å². The number of halogens is 4. The molecule has 1 aliphatic rings. The Balaban J connectivity index is 0.000000399. The molecule has 0 fully saturated rings. The Bertz CT molecular complexity index is 779. The molecule has 0 unspecified atom stereocenters. The highest BCUT2D eigenvalue weighted by Crippen LogP contribution is 2.32. The molecule has 0 atom stereocenters. The number of allylic oxidation sites excluding steroid dienone is 1. The zero-order valence-corrected chi connectivity index (χ0v) is 13.9. The van der Waals surface area contributed by atoms with E-state index in [2.05, 4.69) is 42.2 Å². The lowest BCUT2D eigenvalue weighted by molar-refractivity contribution is -0.349. The predicted octanol–water partition coefficient (Wildman–Crippen LogP) is 4.08. The van der Waals surface area contributed by atoms with Gasteiger partial charge in [-0.2, -0.15) is 0 Å². The van der Waals surface area contributed by atoms with Gasteiger partial charge in [-0.3, -0.25) is 0 Å². The van der Waals surface area contributed by atoms with Crippen molar-refractivity contribution < 1.29 is 27.0 Å². The van der Waals surface area contributed by atoms with Crippen molar-refractivity contribution in [2.24, 2.45) is 0 Å². The molecule has 0 aliphatic carbocycles. The van der Waals surface area contributed by atoms with Gasteiger partial charge in [0.1, 0.15) is 5.76 Å². The van der Waals surface area contributed by atoms with Crippen molar-refractivity contribution >= 4 is 30.0 Å². The number of ether oxygens (including phenoxy) is 1. The van der Waals surface area contributed by atoms with E-state index in [4.69, 9.17) is 4.74 Å². The maximum Gasteiger partial charge on any atom is 0.673 e. The fraction of sp³-hybridized carbons (Fsp3) is 0.167. The minimum Gasteiger partial charge on any atom is -0.492 e. The van der Waals surface area contributed by atoms with E-state index in [1.54, 1.807) is 0 Å². The monoisotopic (exact) mass is 351 g/mol. The third-order valence-corrected chi connectivity index (χ3v) is 3.45. The molecule has 1 heterocycles. The Morgan fingerprint density at radius 3 is 2.12 bits per heavy atom. The number of nitrogens with one attached hydrogen (secondary N) is 1. The smallest absolute Gasteiger partial charge is 0.492 e. The fourth-order valence-electron chi connectivity index (χ4n) is 2.60. The number of para-hydroxylation sites is 1. The van der Waals surface area contributed by atoms with E-state index in [1.165, 1.54) is 5.56 Å². The molecule has 2 aromatic rings. The first-order valence-electron chi connectivity index (χ1n) is 7.81. The summed E-state index contributed by atoms with van der Waals surface area (Å²) in [6.07, 6.45) is 0. The Morgan fingerprint density at radius 1 is 0.960 bits per heavy atom. The molecule has 0 bridgehead atoms. The molecule has 7 heteroatoms. The van der Waals surface area contributed by atoms with Gasteiger partial charge in [0.25, 0.3) is 0 Å². The molecule has 0 radical (unpaired) electrons. The van der Waals surface area contributed by atoms with Crippen LogP contribution < -0.4 is 4.99 Å². The van der Waals surface area contributed by atoms with Crippen LogP contribution in [0, 0.1) is 0 Å². The lowest BCUT2D eigenvalue weighted by atomic mass is 9.99. The maximum absolute atomic E-state index is 9.75. The van der Waals surface area contributed by atoms with Crippen LogP contribution in [0.5, 0.6) is 0 Å². The van der Waals surface area contributed by atoms with Crippen LogP contribution in [0.25, 0.3) is 11.3 Å². The van der Waals surface area contributed by atoms with Crippen molar-refractivity contribution in [3.8, 4) is 0 Å². The molecule has 0 spiro atoms. The number of rotatable bonds is 3. The van der Waals surface area contributed by atoms with Gasteiger partial charge < -0.3 is 22.0 Å². The molecule has 1 N–H and O–H groups in total. The highest BCUT2D eigenvalue weighted by molar-refractivity contribution is 6.50. The normalized spacial score (nSPS) is 14.9. The van der Waals surface area contributed by atoms with E-state index in [9.17, 15) is 17.3 Å². The topological polar surface area (TPSA) is 23.2 Å². The third-order valence-electron chi connectivity index (χ3n) is 3.45. The first-order chi connectivity index (χ1) is 11.8. The van der Waals surface area contributed by atoms with Gasteiger partial charge in [-0.05, 0) is 13.0 Å². The second kappa shape index (κ2) is 8.01. The highest BCUT2D eigenvalue weighted by atomic mass is 19.5. The summed E-state index contributed by atoms with van der Waals surface area (Å²) in [5, 5.41) is 0. The summed E-state index contributed by atoms with van der Waals surface area (Å²) in [4.78, 5) is 3.43. The standard InChI is InChI=1S/C18H17NO.BF4/c1-3-20-18(14-9-5-4-6-10-14)17-13(2)19-16-12-8-7-11-15(16)17;2-1(3,4)5/h4-12H,3H2,1-2H3;/q;-1/p+1/b18-17-;. The largest absolute Gasteiger partial charge is 0.673 e. The minimum atomic E-state index is -6.00. The Morgan fingerprint density at radius 2 is 1.52 bits per heavy atom. The minimum absolute atomic E-state index is 0.656. The summed E-state index contributed by atoms with van der Waals surface area (Å²) < 4.78 is 45.0. The van der Waals surface area contributed by atoms with Crippen LogP contribution >= 0.6 is 0 Å². The Hall–Kier alpha value is -2.57. The molecular formula is C18H18BF4NO. The summed E-state index contributed by atoms with van der Waals surface area (Å²) in [6, 6.07) is 18.6. The number of hydrogen-bond acceptors (Lipinski definition) is 1. The van der Waals surface area contributed by atoms with Crippen molar-refractivity contribution in [1.82, 2.24) is 0 Å². The highest BCUT2D eigenvalue weighted by Gasteiger charge is 2.28. The van der Waals surface area contributed by atoms with Crippen LogP contribution in [0.15, 0.2) is 54.6 Å². The van der Waals surface area contributed by atoms with Gasteiger partial charge >= 0.3 is 7.25 Å². The van der Waals surface area contributed by atoms with Crippen LogP contribution in [0.1, 0.15) is 25.0 Å². The van der Waals surface area contributed by atoms with Crippen molar-refractivity contribution in [3.63, 3.8) is 0 Å². The SMILES string of the molecule is CCO/C(=C1/C(C)=[NH+]c2ccccc21)c1ccccc1.F[B-](F)(F)F. The Labute approximate surface area is 144 Å². The summed E-state index contributed by atoms with van der Waals surface area (Å²) in [5.74, 6) is 0.947. The number of fused-ring (bicyclic) bond motifs is 1. The molecule has 0 aromatic heterocycles. The molecule has 1 aliphatic heterocycles. The van der Waals surface area contributed by atoms with E-state index in [1.807, 2.05) is 31.2 Å². The average molecular weight is 351 g/mol. The second-order valence-electron chi connectivity index (χ2n) is 5.29. The van der Waals surface area contributed by atoms with Gasteiger partial charge in [0.2, 0.25) is 5.69 Å². The molecule has 0 amide bonds. The van der Waals surface area contributed by atoms with Gasteiger partial charge in [0.15, 0.2) is 5.71 Å². The van der Waals surface area contributed by atoms with Crippen molar-refractivity contribution in [2.75, 3.05) is 6.61 Å². The van der Waals surface area contributed by atoms with Gasteiger partial charge in [0.05, 0.1) is 17.7 Å². The fourth-order valence-corrected chi connectivity index (χ4v) is 2.60. The molecule has 25 heavy (non-hydrogen) atoms. The van der Waals surface area contributed by atoms with E-state index < -0.39 is 7.25 Å². The maximum atomic E-state index is 9.75. The predicted molar refractivity (Wildman–Crippen MR) is 92.8 cm³/mol. The van der Waals surface area contributed by atoms with Crippen LogP contribution in [0.4, 0.5) is 23.0 Å². The molecule has 0 saturated carbocycles. The van der Waals surface area contributed by atoms with E-state index in [0.29, 0.717) is 6.61 Å². The van der Waals surface area contributed by atoms with Crippen LogP contribution in [0.3, 0.4) is 0 Å². The third kappa shape index (κ3) is 5.21. The van der Waals surface area contributed by atoms with E-state index >= 15 is 0 Å². The van der Waals surface area contributed by atoms with Gasteiger partial charge in [0, 0.05) is 18.6 Å². The average Bonchev–Trinajstić information content (AvgIpc) is 2.88. The van der Waals surface area contributed by atoms with Crippen molar-refractivity contribution in [3.05, 3.63) is 65.7 Å². The number of benzene rings is 2. The van der Waals surface area contributed by atoms with Gasteiger partial charge in [-0.15, -0.1) is 0 Å². The summed E-state index contributed by atoms with van der Waals surface area (Å²) in [5.41, 5.74) is 5.76. The first kappa shape index (κ1) is 18.8. The summed E-state index contributed by atoms with van der Waals surface area (Å²) in [6.45, 7) is 4.77. The second-order valence-corrected chi connectivity index (χ2v) is 5.29. The lowest BCUT2D eigenvalue weighted by Gasteiger charge is -2.11. The van der Waals surface area contributed by atoms with Crippen molar-refractivity contribution in [1.29, 1.82) is 0 Å². The van der Waals surface area contributed by atoms with Gasteiger partial charge in [-0.25, -0.2) is 4.99 Å². The molecule has 132 valence electrons. The van der Waals surface area contributed by atoms with E-state index in [-0.39, 0.29) is 0 Å². The molecule has 0 saturated heterocycles. The quantitative estimate of drug-likeness (QED) is 0.503. The summed E-state index contributed by atoms with van der Waals surface area (Å²) in [7, 11) is -6.00. The summed E-state index contributed by atoms with van der Waals surface area (Å²) >= 11 is 0.